The van der Waals surface area contributed by atoms with Crippen LogP contribution in [0.4, 0.5) is 0 Å². The number of carbonyl (C=O) groups is 2. The molecule has 1 aliphatic heterocycles. The van der Waals surface area contributed by atoms with Gasteiger partial charge in [0.2, 0.25) is 0 Å². The van der Waals surface area contributed by atoms with Crippen molar-refractivity contribution in [2.24, 2.45) is 0 Å². The number of aliphatic carboxylic acids is 2. The van der Waals surface area contributed by atoms with Gasteiger partial charge in [-0.25, -0.2) is 0 Å². The molecule has 0 amide bonds. The molecular formula is C18H24O6. The summed E-state index contributed by atoms with van der Waals surface area (Å²) in [6.45, 7) is 2.88. The molecule has 1 heterocycles. The summed E-state index contributed by atoms with van der Waals surface area (Å²) in [4.78, 5) is 23.1. The van der Waals surface area contributed by atoms with Gasteiger partial charge in [-0.1, -0.05) is 26.2 Å². The quantitative estimate of drug-likeness (QED) is 0.673. The third kappa shape index (κ3) is 3.99. The zero-order chi connectivity index (χ0) is 17.6. The van der Waals surface area contributed by atoms with Crippen LogP contribution < -0.4 is 9.47 Å². The maximum atomic E-state index is 11.9. The third-order valence-electron chi connectivity index (χ3n) is 4.38. The van der Waals surface area contributed by atoms with Crippen molar-refractivity contribution in [1.29, 1.82) is 0 Å². The third-order valence-corrected chi connectivity index (χ3v) is 4.38. The van der Waals surface area contributed by atoms with Crippen molar-refractivity contribution in [3.8, 4) is 11.5 Å². The van der Waals surface area contributed by atoms with E-state index >= 15 is 0 Å². The van der Waals surface area contributed by atoms with Gasteiger partial charge in [-0.15, -0.1) is 0 Å². The Hall–Kier alpha value is -2.24. The average Bonchev–Trinajstić information content (AvgIpc) is 2.54. The maximum Gasteiger partial charge on any atom is 0.315 e. The molecule has 2 N–H and O–H groups in total. The van der Waals surface area contributed by atoms with E-state index in [-0.39, 0.29) is 13.0 Å². The van der Waals surface area contributed by atoms with E-state index < -0.39 is 23.8 Å². The van der Waals surface area contributed by atoms with Gasteiger partial charge in [0.1, 0.15) is 16.9 Å². The van der Waals surface area contributed by atoms with Crippen LogP contribution in [0.5, 0.6) is 11.5 Å². The van der Waals surface area contributed by atoms with Gasteiger partial charge in [0.25, 0.3) is 0 Å². The largest absolute Gasteiger partial charge is 0.494 e. The smallest absolute Gasteiger partial charge is 0.315 e. The molecule has 1 aromatic carbocycles. The van der Waals surface area contributed by atoms with Gasteiger partial charge in [-0.2, -0.15) is 0 Å². The molecule has 0 fully saturated rings. The highest BCUT2D eigenvalue weighted by atomic mass is 16.5. The Morgan fingerprint density at radius 2 is 2.04 bits per heavy atom. The zero-order valence-electron chi connectivity index (χ0n) is 13.9. The van der Waals surface area contributed by atoms with Gasteiger partial charge in [0, 0.05) is 12.0 Å². The SMILES string of the molecule is CCCCCCOc1ccc2c(c1)C(CC(=O)O)(C(=O)O)CCO2. The number of carboxylic acid groups (broad SMARTS) is 2. The van der Waals surface area contributed by atoms with Gasteiger partial charge in [0.15, 0.2) is 0 Å². The summed E-state index contributed by atoms with van der Waals surface area (Å²) >= 11 is 0. The van der Waals surface area contributed by atoms with Crippen LogP contribution in [0.3, 0.4) is 0 Å². The predicted octanol–water partition coefficient (Wildman–Crippen LogP) is 3.23. The molecule has 0 saturated carbocycles. The molecule has 6 heteroatoms. The van der Waals surface area contributed by atoms with Gasteiger partial charge in [-0.05, 0) is 24.6 Å². The van der Waals surface area contributed by atoms with E-state index in [1.165, 1.54) is 0 Å². The van der Waals surface area contributed by atoms with Crippen LogP contribution in [-0.2, 0) is 15.0 Å². The number of benzene rings is 1. The van der Waals surface area contributed by atoms with E-state index in [4.69, 9.17) is 14.6 Å². The molecule has 24 heavy (non-hydrogen) atoms. The molecule has 0 saturated heterocycles. The Balaban J connectivity index is 2.21. The normalized spacial score (nSPS) is 19.2. The molecule has 1 aromatic rings. The topological polar surface area (TPSA) is 93.1 Å². The van der Waals surface area contributed by atoms with Gasteiger partial charge in [0.05, 0.1) is 19.6 Å². The van der Waals surface area contributed by atoms with Crippen LogP contribution in [0.15, 0.2) is 18.2 Å². The van der Waals surface area contributed by atoms with Crippen LogP contribution >= 0.6 is 0 Å². The van der Waals surface area contributed by atoms with Crippen molar-refractivity contribution in [3.63, 3.8) is 0 Å². The van der Waals surface area contributed by atoms with E-state index in [0.29, 0.717) is 23.7 Å². The van der Waals surface area contributed by atoms with Crippen LogP contribution in [0, 0.1) is 0 Å². The lowest BCUT2D eigenvalue weighted by molar-refractivity contribution is -0.151. The summed E-state index contributed by atoms with van der Waals surface area (Å²) in [6.07, 6.45) is 3.97. The lowest BCUT2D eigenvalue weighted by atomic mass is 9.73. The molecule has 132 valence electrons. The Morgan fingerprint density at radius 1 is 1.25 bits per heavy atom. The number of ether oxygens (including phenoxy) is 2. The minimum Gasteiger partial charge on any atom is -0.494 e. The van der Waals surface area contributed by atoms with E-state index in [1.807, 2.05) is 0 Å². The van der Waals surface area contributed by atoms with Crippen molar-refractivity contribution < 1.29 is 29.3 Å². The van der Waals surface area contributed by atoms with Crippen molar-refractivity contribution in [1.82, 2.24) is 0 Å². The lowest BCUT2D eigenvalue weighted by Crippen LogP contribution is -2.42. The van der Waals surface area contributed by atoms with Gasteiger partial charge >= 0.3 is 11.9 Å². The Bertz CT molecular complexity index is 597. The minimum atomic E-state index is -1.47. The first-order valence-electron chi connectivity index (χ1n) is 8.35. The monoisotopic (exact) mass is 336 g/mol. The highest BCUT2D eigenvalue weighted by Gasteiger charge is 2.46. The van der Waals surface area contributed by atoms with Crippen LogP contribution in [0.25, 0.3) is 0 Å². The first-order valence-corrected chi connectivity index (χ1v) is 8.35. The summed E-state index contributed by atoms with van der Waals surface area (Å²) in [5.41, 5.74) is -1.09. The first kappa shape index (κ1) is 18.1. The van der Waals surface area contributed by atoms with Crippen molar-refractivity contribution in [2.45, 2.75) is 50.9 Å². The zero-order valence-corrected chi connectivity index (χ0v) is 13.9. The number of hydrogen-bond acceptors (Lipinski definition) is 4. The fourth-order valence-corrected chi connectivity index (χ4v) is 3.03. The Morgan fingerprint density at radius 3 is 2.71 bits per heavy atom. The molecule has 0 aliphatic carbocycles. The summed E-state index contributed by atoms with van der Waals surface area (Å²) in [7, 11) is 0. The molecule has 1 aliphatic rings. The number of fused-ring (bicyclic) bond motifs is 1. The molecule has 2 rings (SSSR count). The minimum absolute atomic E-state index is 0.127. The van der Waals surface area contributed by atoms with Crippen LogP contribution in [-0.4, -0.2) is 35.4 Å². The molecule has 6 nitrogen and oxygen atoms in total. The molecule has 0 bridgehead atoms. The first-order chi connectivity index (χ1) is 11.5. The fraction of sp³-hybridized carbons (Fsp3) is 0.556. The molecule has 0 radical (unpaired) electrons. The molecule has 1 unspecified atom stereocenters. The summed E-state index contributed by atoms with van der Waals surface area (Å²) in [5.74, 6) is -1.32. The highest BCUT2D eigenvalue weighted by Crippen LogP contribution is 2.43. The predicted molar refractivity (Wildman–Crippen MR) is 87.8 cm³/mol. The second-order valence-corrected chi connectivity index (χ2v) is 6.12. The average molecular weight is 336 g/mol. The van der Waals surface area contributed by atoms with E-state index in [0.717, 1.165) is 25.7 Å². The van der Waals surface area contributed by atoms with E-state index in [1.54, 1.807) is 18.2 Å². The Kier molecular flexibility index (Phi) is 6.06. The summed E-state index contributed by atoms with van der Waals surface area (Å²) in [6, 6.07) is 5.01. The van der Waals surface area contributed by atoms with Gasteiger partial charge < -0.3 is 19.7 Å². The molecule has 0 spiro atoms. The number of unbranched alkanes of at least 4 members (excludes halogenated alkanes) is 3. The van der Waals surface area contributed by atoms with E-state index in [9.17, 15) is 14.7 Å². The van der Waals surface area contributed by atoms with Crippen molar-refractivity contribution >= 4 is 11.9 Å². The molecule has 0 aromatic heterocycles. The lowest BCUT2D eigenvalue weighted by Gasteiger charge is -2.34. The second-order valence-electron chi connectivity index (χ2n) is 6.12. The Labute approximate surface area is 141 Å². The summed E-state index contributed by atoms with van der Waals surface area (Å²) in [5, 5.41) is 18.9. The standard InChI is InChI=1S/C18H24O6/c1-2-3-4-5-9-23-13-6-7-15-14(11-13)18(17(21)22,8-10-24-15)12-16(19)20/h6-7,11H,2-5,8-10,12H2,1H3,(H,19,20)(H,21,22). The van der Waals surface area contributed by atoms with Gasteiger partial charge in [-0.3, -0.25) is 9.59 Å². The summed E-state index contributed by atoms with van der Waals surface area (Å²) < 4.78 is 11.2. The second kappa shape index (κ2) is 8.04. The van der Waals surface area contributed by atoms with Crippen LogP contribution in [0.2, 0.25) is 0 Å². The van der Waals surface area contributed by atoms with Crippen LogP contribution in [0.1, 0.15) is 51.0 Å². The molecule has 1 atom stereocenters. The number of carboxylic acids is 2. The fourth-order valence-electron chi connectivity index (χ4n) is 3.03. The number of hydrogen-bond donors (Lipinski definition) is 2. The van der Waals surface area contributed by atoms with Crippen molar-refractivity contribution in [3.05, 3.63) is 23.8 Å². The van der Waals surface area contributed by atoms with Crippen molar-refractivity contribution in [2.75, 3.05) is 13.2 Å². The molecular weight excluding hydrogens is 312 g/mol. The van der Waals surface area contributed by atoms with E-state index in [2.05, 4.69) is 6.92 Å². The maximum absolute atomic E-state index is 11.9. The number of rotatable bonds is 9. The highest BCUT2D eigenvalue weighted by molar-refractivity contribution is 5.88.